The van der Waals surface area contributed by atoms with Crippen LogP contribution in [0.2, 0.25) is 0 Å². The Labute approximate surface area is 177 Å². The molecule has 30 heavy (non-hydrogen) atoms. The summed E-state index contributed by atoms with van der Waals surface area (Å²) in [4.78, 5) is 26.2. The van der Waals surface area contributed by atoms with Crippen LogP contribution < -0.4 is 5.32 Å². The van der Waals surface area contributed by atoms with E-state index >= 15 is 0 Å². The lowest BCUT2D eigenvalue weighted by atomic mass is 9.85. The number of esters is 1. The molecule has 1 amide bonds. The summed E-state index contributed by atoms with van der Waals surface area (Å²) in [5.74, 6) is -0.821. The number of hydrogen-bond donors (Lipinski definition) is 1. The van der Waals surface area contributed by atoms with Gasteiger partial charge in [0, 0.05) is 12.0 Å². The van der Waals surface area contributed by atoms with Gasteiger partial charge in [-0.25, -0.2) is 4.79 Å². The maximum Gasteiger partial charge on any atom is 0.336 e. The van der Waals surface area contributed by atoms with Crippen molar-refractivity contribution in [3.8, 4) is 0 Å². The number of nitrogens with one attached hydrogen (secondary N) is 1. The molecule has 4 heteroatoms. The number of carbonyl (C=O) groups is 2. The first-order valence-corrected chi connectivity index (χ1v) is 9.97. The lowest BCUT2D eigenvalue weighted by Crippen LogP contribution is -2.52. The predicted octanol–water partition coefficient (Wildman–Crippen LogP) is 4.98. The summed E-state index contributed by atoms with van der Waals surface area (Å²) >= 11 is 0. The molecule has 0 radical (unpaired) electrons. The summed E-state index contributed by atoms with van der Waals surface area (Å²) in [6.07, 6.45) is 4.08. The number of amides is 1. The quantitative estimate of drug-likeness (QED) is 0.544. The smallest absolute Gasteiger partial charge is 0.336 e. The largest absolute Gasteiger partial charge is 0.464 e. The highest BCUT2D eigenvalue weighted by atomic mass is 16.5. The second kappa shape index (κ2) is 10.2. The van der Waals surface area contributed by atoms with Crippen molar-refractivity contribution in [3.05, 3.63) is 114 Å². The van der Waals surface area contributed by atoms with Gasteiger partial charge in [-0.05, 0) is 30.2 Å². The summed E-state index contributed by atoms with van der Waals surface area (Å²) < 4.78 is 5.41. The SMILES string of the molecule is CCOC(=O)C(C/C=C/c1ccccc1)(NC(=O)c1ccccc1)c1ccccc1. The highest BCUT2D eigenvalue weighted by molar-refractivity contribution is 5.98. The van der Waals surface area contributed by atoms with Crippen LogP contribution >= 0.6 is 0 Å². The van der Waals surface area contributed by atoms with Crippen molar-refractivity contribution in [2.45, 2.75) is 18.9 Å². The third kappa shape index (κ3) is 5.03. The van der Waals surface area contributed by atoms with Crippen LogP contribution in [0.15, 0.2) is 97.1 Å². The molecule has 3 rings (SSSR count). The molecule has 3 aromatic carbocycles. The zero-order valence-electron chi connectivity index (χ0n) is 17.0. The van der Waals surface area contributed by atoms with Crippen LogP contribution in [0.5, 0.6) is 0 Å². The van der Waals surface area contributed by atoms with Crippen LogP contribution in [-0.2, 0) is 15.1 Å². The Balaban J connectivity index is 2.00. The van der Waals surface area contributed by atoms with E-state index in [2.05, 4.69) is 5.32 Å². The van der Waals surface area contributed by atoms with E-state index in [1.807, 2.05) is 78.9 Å². The monoisotopic (exact) mass is 399 g/mol. The van der Waals surface area contributed by atoms with Crippen LogP contribution in [0.1, 0.15) is 34.8 Å². The zero-order chi connectivity index (χ0) is 21.2. The minimum Gasteiger partial charge on any atom is -0.464 e. The van der Waals surface area contributed by atoms with Gasteiger partial charge >= 0.3 is 5.97 Å². The molecule has 0 aliphatic carbocycles. The highest BCUT2D eigenvalue weighted by Gasteiger charge is 2.42. The molecule has 0 heterocycles. The zero-order valence-corrected chi connectivity index (χ0v) is 17.0. The van der Waals surface area contributed by atoms with Crippen molar-refractivity contribution < 1.29 is 14.3 Å². The first-order valence-electron chi connectivity index (χ1n) is 9.97. The maximum atomic E-state index is 13.2. The van der Waals surface area contributed by atoms with E-state index in [0.29, 0.717) is 11.1 Å². The van der Waals surface area contributed by atoms with Gasteiger partial charge in [-0.1, -0.05) is 91.0 Å². The molecule has 0 saturated carbocycles. The van der Waals surface area contributed by atoms with Crippen molar-refractivity contribution in [3.63, 3.8) is 0 Å². The fourth-order valence-electron chi connectivity index (χ4n) is 3.26. The summed E-state index contributed by atoms with van der Waals surface area (Å²) in [6.45, 7) is 1.98. The van der Waals surface area contributed by atoms with E-state index in [4.69, 9.17) is 4.74 Å². The standard InChI is InChI=1S/C26H25NO3/c1-2-30-25(29)26(23-18-10-5-11-19-23,20-12-15-21-13-6-3-7-14-21)27-24(28)22-16-8-4-9-17-22/h3-19H,2,20H2,1H3,(H,27,28)/b15-12+. The lowest BCUT2D eigenvalue weighted by Gasteiger charge is -2.32. The maximum absolute atomic E-state index is 13.2. The Bertz CT molecular complexity index is 985. The lowest BCUT2D eigenvalue weighted by molar-refractivity contribution is -0.151. The first kappa shape index (κ1) is 21.1. The number of ether oxygens (including phenoxy) is 1. The van der Waals surface area contributed by atoms with Gasteiger partial charge in [-0.2, -0.15) is 0 Å². The van der Waals surface area contributed by atoms with Gasteiger partial charge in [-0.15, -0.1) is 0 Å². The van der Waals surface area contributed by atoms with Crippen LogP contribution in [0, 0.1) is 0 Å². The molecule has 0 saturated heterocycles. The minimum atomic E-state index is -1.34. The Morgan fingerprint density at radius 2 is 1.43 bits per heavy atom. The Morgan fingerprint density at radius 3 is 2.03 bits per heavy atom. The molecule has 0 aliphatic rings. The topological polar surface area (TPSA) is 55.4 Å². The van der Waals surface area contributed by atoms with E-state index in [9.17, 15) is 9.59 Å². The fourth-order valence-corrected chi connectivity index (χ4v) is 3.26. The Hall–Kier alpha value is -3.66. The van der Waals surface area contributed by atoms with Gasteiger partial charge in [0.1, 0.15) is 0 Å². The number of hydrogen-bond acceptors (Lipinski definition) is 3. The van der Waals surface area contributed by atoms with Gasteiger partial charge in [0.05, 0.1) is 6.61 Å². The molecule has 1 unspecified atom stereocenters. The second-order valence-electron chi connectivity index (χ2n) is 6.83. The molecular formula is C26H25NO3. The summed E-state index contributed by atoms with van der Waals surface area (Å²) in [5.41, 5.74) is 0.826. The van der Waals surface area contributed by atoms with Crippen LogP contribution in [0.25, 0.3) is 6.08 Å². The average molecular weight is 399 g/mol. The highest BCUT2D eigenvalue weighted by Crippen LogP contribution is 2.29. The molecule has 0 fully saturated rings. The molecule has 152 valence electrons. The molecular weight excluding hydrogens is 374 g/mol. The molecule has 4 nitrogen and oxygen atoms in total. The first-order chi connectivity index (χ1) is 14.7. The van der Waals surface area contributed by atoms with Crippen molar-refractivity contribution in [1.82, 2.24) is 5.32 Å². The van der Waals surface area contributed by atoms with Gasteiger partial charge in [0.15, 0.2) is 5.54 Å². The Morgan fingerprint density at radius 1 is 0.867 bits per heavy atom. The summed E-state index contributed by atoms with van der Waals surface area (Å²) in [5, 5.41) is 2.97. The van der Waals surface area contributed by atoms with Crippen LogP contribution in [0.4, 0.5) is 0 Å². The number of rotatable bonds is 8. The van der Waals surface area contributed by atoms with E-state index in [1.165, 1.54) is 0 Å². The average Bonchev–Trinajstić information content (AvgIpc) is 2.80. The van der Waals surface area contributed by atoms with E-state index in [0.717, 1.165) is 5.56 Å². The third-order valence-corrected chi connectivity index (χ3v) is 4.79. The summed E-state index contributed by atoms with van der Waals surface area (Å²) in [6, 6.07) is 27.9. The van der Waals surface area contributed by atoms with Gasteiger partial charge in [0.2, 0.25) is 0 Å². The molecule has 3 aromatic rings. The van der Waals surface area contributed by atoms with Crippen molar-refractivity contribution in [2.24, 2.45) is 0 Å². The normalized spacial score (nSPS) is 12.8. The van der Waals surface area contributed by atoms with Crippen molar-refractivity contribution >= 4 is 18.0 Å². The van der Waals surface area contributed by atoms with E-state index in [-0.39, 0.29) is 18.9 Å². The van der Waals surface area contributed by atoms with Crippen LogP contribution in [0.3, 0.4) is 0 Å². The molecule has 0 bridgehead atoms. The molecule has 1 atom stereocenters. The van der Waals surface area contributed by atoms with E-state index < -0.39 is 11.5 Å². The van der Waals surface area contributed by atoms with Crippen LogP contribution in [-0.4, -0.2) is 18.5 Å². The molecule has 0 aromatic heterocycles. The Kier molecular flexibility index (Phi) is 7.17. The third-order valence-electron chi connectivity index (χ3n) is 4.79. The van der Waals surface area contributed by atoms with E-state index in [1.54, 1.807) is 31.2 Å². The van der Waals surface area contributed by atoms with Gasteiger partial charge < -0.3 is 10.1 Å². The van der Waals surface area contributed by atoms with Crippen molar-refractivity contribution in [1.29, 1.82) is 0 Å². The number of benzene rings is 3. The fraction of sp³-hybridized carbons (Fsp3) is 0.154. The molecule has 0 spiro atoms. The van der Waals surface area contributed by atoms with Gasteiger partial charge in [-0.3, -0.25) is 4.79 Å². The molecule has 1 N–H and O–H groups in total. The number of carbonyl (C=O) groups excluding carboxylic acids is 2. The predicted molar refractivity (Wildman–Crippen MR) is 119 cm³/mol. The molecule has 0 aliphatic heterocycles. The second-order valence-corrected chi connectivity index (χ2v) is 6.83. The minimum absolute atomic E-state index is 0.219. The van der Waals surface area contributed by atoms with Gasteiger partial charge in [0.25, 0.3) is 5.91 Å². The van der Waals surface area contributed by atoms with Crippen molar-refractivity contribution in [2.75, 3.05) is 6.61 Å². The summed E-state index contributed by atoms with van der Waals surface area (Å²) in [7, 11) is 0.